The first-order chi connectivity index (χ1) is 14.4. The Morgan fingerprint density at radius 2 is 1.47 bits per heavy atom. The fourth-order valence-electron chi connectivity index (χ4n) is 3.64. The molecule has 0 spiro atoms. The number of ketones is 2. The van der Waals surface area contributed by atoms with Crippen molar-refractivity contribution in [1.82, 2.24) is 5.32 Å². The highest BCUT2D eigenvalue weighted by molar-refractivity contribution is 6.30. The second-order valence-corrected chi connectivity index (χ2v) is 6.95. The Kier molecular flexibility index (Phi) is 4.71. The van der Waals surface area contributed by atoms with E-state index in [2.05, 4.69) is 5.32 Å². The van der Waals surface area contributed by atoms with Crippen LogP contribution in [0.4, 0.5) is 5.69 Å². The number of benzene rings is 3. The number of hydrogen-bond donors (Lipinski definition) is 1. The summed E-state index contributed by atoms with van der Waals surface area (Å²) in [5.41, 5.74) is -0.221. The van der Waals surface area contributed by atoms with Crippen LogP contribution in [0.15, 0.2) is 66.7 Å². The minimum absolute atomic E-state index is 0.0712. The van der Waals surface area contributed by atoms with Gasteiger partial charge in [0.25, 0.3) is 11.6 Å². The number of nitrogens with one attached hydrogen (secondary N) is 1. The zero-order valence-corrected chi connectivity index (χ0v) is 15.9. The van der Waals surface area contributed by atoms with Gasteiger partial charge in [-0.15, -0.1) is 0 Å². The number of hydrogen-bond acceptors (Lipinski definition) is 5. The van der Waals surface area contributed by atoms with Crippen LogP contribution in [-0.4, -0.2) is 22.4 Å². The normalized spacial score (nSPS) is 13.2. The van der Waals surface area contributed by atoms with Crippen LogP contribution in [0.25, 0.3) is 0 Å². The largest absolute Gasteiger partial charge is 0.345 e. The molecule has 0 bridgehead atoms. The summed E-state index contributed by atoms with van der Waals surface area (Å²) in [4.78, 5) is 49.8. The van der Waals surface area contributed by atoms with Crippen LogP contribution in [0.3, 0.4) is 0 Å². The van der Waals surface area contributed by atoms with Gasteiger partial charge in [-0.1, -0.05) is 54.6 Å². The number of carbonyl (C=O) groups is 3. The van der Waals surface area contributed by atoms with E-state index in [1.54, 1.807) is 19.1 Å². The average molecular weight is 400 g/mol. The first-order valence-corrected chi connectivity index (χ1v) is 9.25. The minimum atomic E-state index is -0.778. The van der Waals surface area contributed by atoms with Gasteiger partial charge < -0.3 is 5.32 Å². The predicted octanol–water partition coefficient (Wildman–Crippen LogP) is 3.86. The van der Waals surface area contributed by atoms with E-state index in [0.29, 0.717) is 0 Å². The SMILES string of the molecule is CC(NC(=O)c1ccc2c(c1[N+](=O)[O-])C(=O)c1ccccc1C2=O)c1ccccc1. The van der Waals surface area contributed by atoms with E-state index >= 15 is 0 Å². The Hall–Kier alpha value is -4.13. The molecule has 0 radical (unpaired) electrons. The summed E-state index contributed by atoms with van der Waals surface area (Å²) in [6.07, 6.45) is 0. The monoisotopic (exact) mass is 400 g/mol. The number of nitro groups is 1. The maximum absolute atomic E-state index is 13.0. The molecule has 7 nitrogen and oxygen atoms in total. The fraction of sp³-hybridized carbons (Fsp3) is 0.0870. The van der Waals surface area contributed by atoms with E-state index in [0.717, 1.165) is 5.56 Å². The molecule has 0 aliphatic heterocycles. The van der Waals surface area contributed by atoms with Crippen LogP contribution in [0, 0.1) is 10.1 Å². The van der Waals surface area contributed by atoms with Crippen LogP contribution in [-0.2, 0) is 0 Å². The molecular weight excluding hydrogens is 384 g/mol. The lowest BCUT2D eigenvalue weighted by molar-refractivity contribution is -0.385. The summed E-state index contributed by atoms with van der Waals surface area (Å²) in [6.45, 7) is 1.75. The van der Waals surface area contributed by atoms with Crippen molar-refractivity contribution in [2.45, 2.75) is 13.0 Å². The topological polar surface area (TPSA) is 106 Å². The Morgan fingerprint density at radius 1 is 0.867 bits per heavy atom. The highest BCUT2D eigenvalue weighted by atomic mass is 16.6. The van der Waals surface area contributed by atoms with E-state index in [1.807, 2.05) is 30.3 Å². The molecule has 0 heterocycles. The van der Waals surface area contributed by atoms with Crippen LogP contribution in [0.5, 0.6) is 0 Å². The van der Waals surface area contributed by atoms with Crippen molar-refractivity contribution in [2.24, 2.45) is 0 Å². The van der Waals surface area contributed by atoms with Crippen molar-refractivity contribution in [2.75, 3.05) is 0 Å². The summed E-state index contributed by atoms with van der Waals surface area (Å²) in [5, 5.41) is 14.6. The molecule has 3 aromatic carbocycles. The van der Waals surface area contributed by atoms with E-state index < -0.39 is 34.1 Å². The van der Waals surface area contributed by atoms with E-state index in [-0.39, 0.29) is 27.8 Å². The quantitative estimate of drug-likeness (QED) is 0.413. The smallest absolute Gasteiger partial charge is 0.294 e. The molecule has 1 N–H and O–H groups in total. The summed E-state index contributed by atoms with van der Waals surface area (Å²) in [6, 6.07) is 17.4. The van der Waals surface area contributed by atoms with Gasteiger partial charge in [0.05, 0.1) is 11.0 Å². The van der Waals surface area contributed by atoms with Gasteiger partial charge in [0.15, 0.2) is 5.78 Å². The highest BCUT2D eigenvalue weighted by Gasteiger charge is 2.38. The maximum atomic E-state index is 13.0. The molecule has 0 fully saturated rings. The zero-order valence-electron chi connectivity index (χ0n) is 15.9. The van der Waals surface area contributed by atoms with E-state index in [4.69, 9.17) is 0 Å². The fourth-order valence-corrected chi connectivity index (χ4v) is 3.64. The van der Waals surface area contributed by atoms with Gasteiger partial charge >= 0.3 is 0 Å². The van der Waals surface area contributed by atoms with Crippen molar-refractivity contribution < 1.29 is 19.3 Å². The van der Waals surface area contributed by atoms with Crippen LogP contribution in [0.1, 0.15) is 60.7 Å². The second kappa shape index (κ2) is 7.36. The summed E-state index contributed by atoms with van der Waals surface area (Å²) in [7, 11) is 0. The van der Waals surface area contributed by atoms with Crippen molar-refractivity contribution in [3.05, 3.63) is 110 Å². The molecule has 1 aliphatic rings. The molecule has 1 amide bonds. The molecule has 1 unspecified atom stereocenters. The van der Waals surface area contributed by atoms with Gasteiger partial charge in [-0.05, 0) is 24.6 Å². The molecular formula is C23H16N2O5. The van der Waals surface area contributed by atoms with Gasteiger partial charge in [0.1, 0.15) is 11.1 Å². The number of fused-ring (bicyclic) bond motifs is 2. The summed E-state index contributed by atoms with van der Waals surface area (Å²) < 4.78 is 0. The van der Waals surface area contributed by atoms with E-state index in [1.165, 1.54) is 24.3 Å². The number of rotatable bonds is 4. The van der Waals surface area contributed by atoms with Crippen molar-refractivity contribution in [3.8, 4) is 0 Å². The summed E-state index contributed by atoms with van der Waals surface area (Å²) in [5.74, 6) is -1.81. The van der Waals surface area contributed by atoms with Gasteiger partial charge in [0, 0.05) is 16.7 Å². The molecule has 4 rings (SSSR count). The molecule has 0 saturated heterocycles. The molecule has 30 heavy (non-hydrogen) atoms. The summed E-state index contributed by atoms with van der Waals surface area (Å²) >= 11 is 0. The number of nitro benzene ring substituents is 1. The van der Waals surface area contributed by atoms with Crippen molar-refractivity contribution in [1.29, 1.82) is 0 Å². The third-order valence-electron chi connectivity index (χ3n) is 5.14. The van der Waals surface area contributed by atoms with Gasteiger partial charge in [-0.2, -0.15) is 0 Å². The predicted molar refractivity (Wildman–Crippen MR) is 109 cm³/mol. The number of amides is 1. The molecule has 3 aromatic rings. The van der Waals surface area contributed by atoms with Crippen LogP contribution in [0.2, 0.25) is 0 Å². The third-order valence-corrected chi connectivity index (χ3v) is 5.14. The first-order valence-electron chi connectivity index (χ1n) is 9.25. The zero-order chi connectivity index (χ0) is 21.4. The van der Waals surface area contributed by atoms with Gasteiger partial charge in [0.2, 0.25) is 5.78 Å². The average Bonchev–Trinajstić information content (AvgIpc) is 2.76. The number of nitrogens with zero attached hydrogens (tertiary/aromatic N) is 1. The van der Waals surface area contributed by atoms with Crippen LogP contribution < -0.4 is 5.32 Å². The Balaban J connectivity index is 1.80. The second-order valence-electron chi connectivity index (χ2n) is 6.95. The lowest BCUT2D eigenvalue weighted by Crippen LogP contribution is -2.29. The lowest BCUT2D eigenvalue weighted by Gasteiger charge is -2.19. The molecule has 0 aromatic heterocycles. The Labute approximate surface area is 171 Å². The Bertz CT molecular complexity index is 1220. The van der Waals surface area contributed by atoms with Crippen molar-refractivity contribution in [3.63, 3.8) is 0 Å². The van der Waals surface area contributed by atoms with Gasteiger partial charge in [-0.25, -0.2) is 0 Å². The standard InChI is InChI=1S/C23H16N2O5/c1-13(14-7-3-2-4-8-14)24-23(28)18-12-11-17-19(20(18)25(29)30)22(27)16-10-6-5-9-15(16)21(17)26/h2-13H,1H3,(H,24,28). The maximum Gasteiger partial charge on any atom is 0.294 e. The molecule has 0 saturated carbocycles. The van der Waals surface area contributed by atoms with Crippen LogP contribution >= 0.6 is 0 Å². The molecule has 148 valence electrons. The first kappa shape index (κ1) is 19.2. The van der Waals surface area contributed by atoms with Gasteiger partial charge in [-0.3, -0.25) is 24.5 Å². The highest BCUT2D eigenvalue weighted by Crippen LogP contribution is 2.35. The minimum Gasteiger partial charge on any atom is -0.345 e. The Morgan fingerprint density at radius 3 is 2.10 bits per heavy atom. The molecule has 7 heteroatoms. The number of carbonyl (C=O) groups excluding carboxylic acids is 3. The van der Waals surface area contributed by atoms with Crippen molar-refractivity contribution >= 4 is 23.2 Å². The molecule has 1 atom stereocenters. The van der Waals surface area contributed by atoms with E-state index in [9.17, 15) is 24.5 Å². The lowest BCUT2D eigenvalue weighted by atomic mass is 9.82. The molecule has 1 aliphatic carbocycles. The third kappa shape index (κ3) is 3.06.